The van der Waals surface area contributed by atoms with Crippen LogP contribution >= 0.6 is 39.0 Å². The molecule has 3 aromatic rings. The molecule has 0 saturated heterocycles. The fourth-order valence-electron chi connectivity index (χ4n) is 3.61. The van der Waals surface area contributed by atoms with Crippen LogP contribution in [0.25, 0.3) is 10.2 Å². The van der Waals surface area contributed by atoms with Crippen LogP contribution in [0.5, 0.6) is 0 Å². The third-order valence-corrected chi connectivity index (χ3v) is 7.41. The maximum absolute atomic E-state index is 12.7. The summed E-state index contributed by atoms with van der Waals surface area (Å²) in [6.45, 7) is 1.06. The smallest absolute Gasteiger partial charge is 0.258 e. The van der Waals surface area contributed by atoms with Gasteiger partial charge in [0.2, 0.25) is 5.91 Å². The highest BCUT2D eigenvalue weighted by Gasteiger charge is 2.22. The molecule has 1 aliphatic heterocycles. The maximum atomic E-state index is 12.7. The molecule has 0 fully saturated rings. The number of thioether (sulfide) groups is 1. The Hall–Kier alpha value is -2.34. The fourth-order valence-corrected chi connectivity index (χ4v) is 5.88. The number of terminal acetylenes is 1. The van der Waals surface area contributed by atoms with E-state index in [9.17, 15) is 9.59 Å². The molecule has 5 nitrogen and oxygen atoms in total. The van der Waals surface area contributed by atoms with Crippen molar-refractivity contribution in [3.05, 3.63) is 57.3 Å². The number of carbonyl (C=O) groups excluding carboxylic acids is 2. The summed E-state index contributed by atoms with van der Waals surface area (Å²) in [5.41, 5.74) is 3.14. The molecule has 2 amide bonds. The van der Waals surface area contributed by atoms with E-state index in [0.717, 1.165) is 39.8 Å². The van der Waals surface area contributed by atoms with Crippen molar-refractivity contribution in [2.24, 2.45) is 4.99 Å². The van der Waals surface area contributed by atoms with Crippen molar-refractivity contribution in [2.45, 2.75) is 19.4 Å². The van der Waals surface area contributed by atoms with Gasteiger partial charge in [-0.2, -0.15) is 4.99 Å². The first-order chi connectivity index (χ1) is 15.1. The fraction of sp³-hybridized carbons (Fsp3) is 0.261. The third kappa shape index (κ3) is 4.95. The molecule has 0 spiro atoms. The quantitative estimate of drug-likeness (QED) is 0.479. The van der Waals surface area contributed by atoms with Gasteiger partial charge in [0.05, 0.1) is 28.3 Å². The number of benzene rings is 2. The number of hydrogen-bond acceptors (Lipinski definition) is 4. The van der Waals surface area contributed by atoms with Gasteiger partial charge in [-0.1, -0.05) is 51.4 Å². The van der Waals surface area contributed by atoms with Gasteiger partial charge >= 0.3 is 0 Å². The molecule has 0 N–H and O–H groups in total. The second-order valence-corrected chi connectivity index (χ2v) is 9.97. The summed E-state index contributed by atoms with van der Waals surface area (Å²) in [6, 6.07) is 13.9. The molecule has 2 heterocycles. The van der Waals surface area contributed by atoms with Crippen LogP contribution in [0.4, 0.5) is 5.69 Å². The van der Waals surface area contributed by atoms with Gasteiger partial charge in [-0.3, -0.25) is 9.59 Å². The molecular weight excluding hydrogens is 494 g/mol. The number of anilines is 1. The van der Waals surface area contributed by atoms with E-state index in [1.165, 1.54) is 28.7 Å². The molecule has 0 aliphatic carbocycles. The molecule has 0 radical (unpaired) electrons. The Labute approximate surface area is 197 Å². The normalized spacial score (nSPS) is 13.8. The average Bonchev–Trinajstić information content (AvgIpc) is 3.09. The zero-order chi connectivity index (χ0) is 21.8. The van der Waals surface area contributed by atoms with Gasteiger partial charge in [0, 0.05) is 16.7 Å². The predicted molar refractivity (Wildman–Crippen MR) is 131 cm³/mol. The lowest BCUT2D eigenvalue weighted by atomic mass is 10.0. The van der Waals surface area contributed by atoms with Crippen LogP contribution < -0.4 is 9.70 Å². The second-order valence-electron chi connectivity index (χ2n) is 7.06. The summed E-state index contributed by atoms with van der Waals surface area (Å²) in [5.74, 6) is 2.78. The number of amides is 2. The highest BCUT2D eigenvalue weighted by atomic mass is 79.9. The summed E-state index contributed by atoms with van der Waals surface area (Å²) in [6.07, 6.45) is 7.46. The van der Waals surface area contributed by atoms with Crippen LogP contribution in [0.1, 0.15) is 12.0 Å². The van der Waals surface area contributed by atoms with Crippen LogP contribution in [-0.4, -0.2) is 34.4 Å². The zero-order valence-electron chi connectivity index (χ0n) is 16.7. The number of thiazole rings is 1. The summed E-state index contributed by atoms with van der Waals surface area (Å²) in [5, 5.41) is 0. The molecule has 8 heteroatoms. The van der Waals surface area contributed by atoms with Crippen LogP contribution in [0.15, 0.2) is 51.9 Å². The average molecular weight is 514 g/mol. The van der Waals surface area contributed by atoms with Crippen LogP contribution in [-0.2, 0) is 22.6 Å². The van der Waals surface area contributed by atoms with Crippen LogP contribution in [0, 0.1) is 12.3 Å². The summed E-state index contributed by atoms with van der Waals surface area (Å²) >= 11 is 6.19. The Bertz CT molecular complexity index is 1260. The van der Waals surface area contributed by atoms with Crippen molar-refractivity contribution in [2.75, 3.05) is 23.0 Å². The summed E-state index contributed by atoms with van der Waals surface area (Å²) in [7, 11) is 0. The van der Waals surface area contributed by atoms with E-state index in [2.05, 4.69) is 32.9 Å². The highest BCUT2D eigenvalue weighted by Crippen LogP contribution is 2.27. The Morgan fingerprint density at radius 3 is 2.90 bits per heavy atom. The summed E-state index contributed by atoms with van der Waals surface area (Å²) in [4.78, 5) is 31.9. The van der Waals surface area contributed by atoms with Crippen molar-refractivity contribution in [3.8, 4) is 12.3 Å². The number of hydrogen-bond donors (Lipinski definition) is 0. The van der Waals surface area contributed by atoms with Crippen molar-refractivity contribution >= 4 is 66.7 Å². The maximum Gasteiger partial charge on any atom is 0.258 e. The van der Waals surface area contributed by atoms with Crippen molar-refractivity contribution < 1.29 is 9.59 Å². The van der Waals surface area contributed by atoms with E-state index in [0.29, 0.717) is 11.3 Å². The highest BCUT2D eigenvalue weighted by molar-refractivity contribution is 9.10. The number of carbonyl (C=O) groups is 2. The predicted octanol–water partition coefficient (Wildman–Crippen LogP) is 4.24. The van der Waals surface area contributed by atoms with Gasteiger partial charge in [-0.15, -0.1) is 18.2 Å². The number of nitrogens with zero attached hydrogens (tertiary/aromatic N) is 3. The monoisotopic (exact) mass is 513 g/mol. The first-order valence-electron chi connectivity index (χ1n) is 9.83. The second kappa shape index (κ2) is 9.86. The van der Waals surface area contributed by atoms with E-state index in [-0.39, 0.29) is 23.3 Å². The van der Waals surface area contributed by atoms with E-state index < -0.39 is 0 Å². The van der Waals surface area contributed by atoms with Crippen molar-refractivity contribution in [1.82, 2.24) is 4.57 Å². The zero-order valence-corrected chi connectivity index (χ0v) is 19.9. The van der Waals surface area contributed by atoms with Crippen LogP contribution in [0.3, 0.4) is 0 Å². The molecule has 31 heavy (non-hydrogen) atoms. The number of aromatic nitrogens is 1. The number of para-hydroxylation sites is 1. The first kappa shape index (κ1) is 21.9. The van der Waals surface area contributed by atoms with E-state index in [1.807, 2.05) is 45.9 Å². The van der Waals surface area contributed by atoms with Gasteiger partial charge in [0.25, 0.3) is 5.91 Å². The minimum Gasteiger partial charge on any atom is -0.311 e. The molecule has 0 unspecified atom stereocenters. The molecule has 0 bridgehead atoms. The molecule has 1 aromatic heterocycles. The van der Waals surface area contributed by atoms with Gasteiger partial charge in [-0.05, 0) is 42.7 Å². The minimum atomic E-state index is -0.270. The third-order valence-electron chi connectivity index (χ3n) is 4.98. The topological polar surface area (TPSA) is 54.7 Å². The molecule has 0 saturated carbocycles. The lowest BCUT2D eigenvalue weighted by Gasteiger charge is -2.29. The Morgan fingerprint density at radius 2 is 2.06 bits per heavy atom. The lowest BCUT2D eigenvalue weighted by Crippen LogP contribution is -2.36. The Balaban J connectivity index is 1.43. The van der Waals surface area contributed by atoms with E-state index in [4.69, 9.17) is 6.42 Å². The molecular formula is C23H20BrN3O2S2. The number of fused-ring (bicyclic) bond motifs is 2. The van der Waals surface area contributed by atoms with E-state index >= 15 is 0 Å². The van der Waals surface area contributed by atoms with Crippen LogP contribution in [0.2, 0.25) is 0 Å². The van der Waals surface area contributed by atoms with E-state index in [1.54, 1.807) is 0 Å². The minimum absolute atomic E-state index is 0.0269. The first-order valence-corrected chi connectivity index (χ1v) is 12.6. The van der Waals surface area contributed by atoms with Gasteiger partial charge in [-0.25, -0.2) is 0 Å². The van der Waals surface area contributed by atoms with Crippen molar-refractivity contribution in [1.29, 1.82) is 0 Å². The summed E-state index contributed by atoms with van der Waals surface area (Å²) < 4.78 is 3.83. The SMILES string of the molecule is C#CCn1c(=NC(=O)CSCC(=O)N2CCCc3ccccc32)sc2cc(Br)ccc21. The standard InChI is InChI=1S/C23H20BrN3O2S2/c1-2-11-27-19-10-9-17(24)13-20(19)31-23(27)25-21(28)14-30-15-22(29)26-12-5-7-16-6-3-4-8-18(16)26/h1,3-4,6,8-10,13H,5,7,11-12,14-15H2. The Morgan fingerprint density at radius 1 is 1.23 bits per heavy atom. The molecule has 1 aliphatic rings. The largest absolute Gasteiger partial charge is 0.311 e. The lowest BCUT2D eigenvalue weighted by molar-refractivity contribution is -0.116. The molecule has 0 atom stereocenters. The Kier molecular flexibility index (Phi) is 6.96. The van der Waals surface area contributed by atoms with Gasteiger partial charge in [0.1, 0.15) is 0 Å². The number of rotatable bonds is 5. The molecule has 4 rings (SSSR count). The number of halogens is 1. The van der Waals surface area contributed by atoms with Crippen molar-refractivity contribution in [3.63, 3.8) is 0 Å². The molecule has 158 valence electrons. The number of aryl methyl sites for hydroxylation is 1. The molecule has 2 aromatic carbocycles. The van der Waals surface area contributed by atoms with Gasteiger partial charge in [0.15, 0.2) is 4.80 Å². The van der Waals surface area contributed by atoms with Gasteiger partial charge < -0.3 is 9.47 Å².